The molecule has 0 amide bonds. The van der Waals surface area contributed by atoms with Crippen LogP contribution in [0, 0.1) is 17.1 Å². The van der Waals surface area contributed by atoms with Gasteiger partial charge in [0.05, 0.1) is 17.3 Å². The summed E-state index contributed by atoms with van der Waals surface area (Å²) >= 11 is 5.71. The second-order valence-electron chi connectivity index (χ2n) is 4.22. The van der Waals surface area contributed by atoms with Crippen molar-refractivity contribution in [1.29, 1.82) is 5.26 Å². The van der Waals surface area contributed by atoms with Crippen LogP contribution >= 0.6 is 11.6 Å². The second kappa shape index (κ2) is 5.73. The zero-order valence-corrected chi connectivity index (χ0v) is 11.1. The van der Waals surface area contributed by atoms with E-state index < -0.39 is 0 Å². The van der Waals surface area contributed by atoms with Gasteiger partial charge < -0.3 is 5.32 Å². The molecule has 96 valence electrons. The van der Waals surface area contributed by atoms with Crippen molar-refractivity contribution in [2.75, 3.05) is 5.32 Å². The first-order valence-corrected chi connectivity index (χ1v) is 6.19. The molecule has 0 aliphatic heterocycles. The summed E-state index contributed by atoms with van der Waals surface area (Å²) in [6.07, 6.45) is 0. The van der Waals surface area contributed by atoms with Crippen LogP contribution in [0.15, 0.2) is 42.5 Å². The van der Waals surface area contributed by atoms with Crippen molar-refractivity contribution in [3.8, 4) is 6.07 Å². The number of nitrogens with zero attached hydrogens (tertiary/aromatic N) is 1. The Morgan fingerprint density at radius 3 is 2.47 bits per heavy atom. The van der Waals surface area contributed by atoms with E-state index in [0.29, 0.717) is 16.3 Å². The van der Waals surface area contributed by atoms with E-state index in [1.165, 1.54) is 6.07 Å². The third kappa shape index (κ3) is 3.24. The van der Waals surface area contributed by atoms with Gasteiger partial charge in [-0.15, -0.1) is 0 Å². The summed E-state index contributed by atoms with van der Waals surface area (Å²) in [7, 11) is 0. The molecule has 1 unspecified atom stereocenters. The monoisotopic (exact) mass is 274 g/mol. The molecule has 1 atom stereocenters. The van der Waals surface area contributed by atoms with Crippen LogP contribution in [-0.2, 0) is 0 Å². The molecule has 0 radical (unpaired) electrons. The Morgan fingerprint density at radius 2 is 1.89 bits per heavy atom. The van der Waals surface area contributed by atoms with E-state index >= 15 is 0 Å². The number of nitrogens with one attached hydrogen (secondary N) is 1. The van der Waals surface area contributed by atoms with Crippen molar-refractivity contribution in [1.82, 2.24) is 0 Å². The number of benzene rings is 2. The Hall–Kier alpha value is -2.05. The van der Waals surface area contributed by atoms with Crippen molar-refractivity contribution in [2.24, 2.45) is 0 Å². The lowest BCUT2D eigenvalue weighted by atomic mass is 10.1. The molecule has 0 aliphatic rings. The van der Waals surface area contributed by atoms with Gasteiger partial charge in [0.15, 0.2) is 0 Å². The van der Waals surface area contributed by atoms with E-state index in [1.54, 1.807) is 24.3 Å². The van der Waals surface area contributed by atoms with Gasteiger partial charge in [-0.1, -0.05) is 23.7 Å². The van der Waals surface area contributed by atoms with Gasteiger partial charge >= 0.3 is 0 Å². The van der Waals surface area contributed by atoms with Crippen molar-refractivity contribution >= 4 is 17.3 Å². The normalized spacial score (nSPS) is 11.7. The molecule has 2 aromatic carbocycles. The average molecular weight is 275 g/mol. The maximum atomic E-state index is 13.7. The molecule has 0 aliphatic carbocycles. The highest BCUT2D eigenvalue weighted by atomic mass is 35.5. The number of halogens is 2. The minimum absolute atomic E-state index is 0.0663. The first-order valence-electron chi connectivity index (χ1n) is 5.82. The smallest absolute Gasteiger partial charge is 0.147 e. The Morgan fingerprint density at radius 1 is 1.21 bits per heavy atom. The first-order chi connectivity index (χ1) is 9.10. The van der Waals surface area contributed by atoms with Gasteiger partial charge in [0.25, 0.3) is 0 Å². The molecule has 1 N–H and O–H groups in total. The number of anilines is 1. The highest BCUT2D eigenvalue weighted by Crippen LogP contribution is 2.24. The SMILES string of the molecule is CC(Nc1ccc(Cl)cc1F)c1ccc(C#N)cc1. The molecule has 0 fully saturated rings. The third-order valence-corrected chi connectivity index (χ3v) is 3.08. The van der Waals surface area contributed by atoms with Gasteiger partial charge in [0, 0.05) is 11.1 Å². The summed E-state index contributed by atoms with van der Waals surface area (Å²) in [6.45, 7) is 1.93. The van der Waals surface area contributed by atoms with E-state index in [0.717, 1.165) is 5.56 Å². The summed E-state index contributed by atoms with van der Waals surface area (Å²) in [5.41, 5.74) is 1.99. The highest BCUT2D eigenvalue weighted by molar-refractivity contribution is 6.30. The van der Waals surface area contributed by atoms with E-state index in [9.17, 15) is 4.39 Å². The predicted molar refractivity (Wildman–Crippen MR) is 74.6 cm³/mol. The summed E-state index contributed by atoms with van der Waals surface area (Å²) in [4.78, 5) is 0. The van der Waals surface area contributed by atoms with E-state index in [1.807, 2.05) is 19.1 Å². The lowest BCUT2D eigenvalue weighted by Gasteiger charge is -2.16. The van der Waals surface area contributed by atoms with Crippen LogP contribution in [0.3, 0.4) is 0 Å². The lowest BCUT2D eigenvalue weighted by Crippen LogP contribution is -2.07. The second-order valence-corrected chi connectivity index (χ2v) is 4.66. The largest absolute Gasteiger partial charge is 0.376 e. The zero-order chi connectivity index (χ0) is 13.8. The van der Waals surface area contributed by atoms with Crippen LogP contribution in [-0.4, -0.2) is 0 Å². The van der Waals surface area contributed by atoms with Gasteiger partial charge in [-0.05, 0) is 42.8 Å². The Balaban J connectivity index is 2.16. The number of nitriles is 1. The molecule has 2 aromatic rings. The van der Waals surface area contributed by atoms with Gasteiger partial charge in [0.1, 0.15) is 5.82 Å². The van der Waals surface area contributed by atoms with Crippen molar-refractivity contribution in [3.63, 3.8) is 0 Å². The quantitative estimate of drug-likeness (QED) is 0.893. The molecule has 2 nitrogen and oxygen atoms in total. The Labute approximate surface area is 116 Å². The molecule has 2 rings (SSSR count). The maximum absolute atomic E-state index is 13.7. The van der Waals surface area contributed by atoms with E-state index in [-0.39, 0.29) is 11.9 Å². The molecule has 0 heterocycles. The van der Waals surface area contributed by atoms with Crippen LogP contribution < -0.4 is 5.32 Å². The summed E-state index contributed by atoms with van der Waals surface area (Å²) < 4.78 is 13.7. The molecule has 4 heteroatoms. The number of hydrogen-bond acceptors (Lipinski definition) is 2. The van der Waals surface area contributed by atoms with E-state index in [2.05, 4.69) is 11.4 Å². The minimum atomic E-state index is -0.381. The number of hydrogen-bond donors (Lipinski definition) is 1. The van der Waals surface area contributed by atoms with Crippen LogP contribution in [0.4, 0.5) is 10.1 Å². The first kappa shape index (κ1) is 13.4. The third-order valence-electron chi connectivity index (χ3n) is 2.84. The van der Waals surface area contributed by atoms with Crippen molar-refractivity contribution < 1.29 is 4.39 Å². The van der Waals surface area contributed by atoms with Gasteiger partial charge in [-0.3, -0.25) is 0 Å². The maximum Gasteiger partial charge on any atom is 0.147 e. The Kier molecular flexibility index (Phi) is 4.03. The van der Waals surface area contributed by atoms with Crippen molar-refractivity contribution in [2.45, 2.75) is 13.0 Å². The summed E-state index contributed by atoms with van der Waals surface area (Å²) in [5, 5.41) is 12.2. The fraction of sp³-hybridized carbons (Fsp3) is 0.133. The van der Waals surface area contributed by atoms with Crippen LogP contribution in [0.5, 0.6) is 0 Å². The molecule has 19 heavy (non-hydrogen) atoms. The molecule has 0 spiro atoms. The highest BCUT2D eigenvalue weighted by Gasteiger charge is 2.09. The fourth-order valence-corrected chi connectivity index (χ4v) is 1.93. The molecule has 0 aromatic heterocycles. The van der Waals surface area contributed by atoms with Gasteiger partial charge in [-0.2, -0.15) is 5.26 Å². The van der Waals surface area contributed by atoms with E-state index in [4.69, 9.17) is 16.9 Å². The molecular formula is C15H12ClFN2. The number of rotatable bonds is 3. The molecular weight excluding hydrogens is 263 g/mol. The van der Waals surface area contributed by atoms with Crippen molar-refractivity contribution in [3.05, 3.63) is 64.4 Å². The predicted octanol–water partition coefficient (Wildman–Crippen LogP) is 4.52. The molecule has 0 saturated heterocycles. The van der Waals surface area contributed by atoms with Gasteiger partial charge in [-0.25, -0.2) is 4.39 Å². The summed E-state index contributed by atoms with van der Waals surface area (Å²) in [6, 6.07) is 13.7. The summed E-state index contributed by atoms with van der Waals surface area (Å²) in [5.74, 6) is -0.381. The van der Waals surface area contributed by atoms with Gasteiger partial charge in [0.2, 0.25) is 0 Å². The zero-order valence-electron chi connectivity index (χ0n) is 10.3. The van der Waals surface area contributed by atoms with Crippen LogP contribution in [0.25, 0.3) is 0 Å². The lowest BCUT2D eigenvalue weighted by molar-refractivity contribution is 0.627. The minimum Gasteiger partial charge on any atom is -0.376 e. The van der Waals surface area contributed by atoms with Crippen LogP contribution in [0.1, 0.15) is 24.1 Å². The average Bonchev–Trinajstić information content (AvgIpc) is 2.42. The molecule has 0 bridgehead atoms. The van der Waals surface area contributed by atoms with Crippen LogP contribution in [0.2, 0.25) is 5.02 Å². The topological polar surface area (TPSA) is 35.8 Å². The standard InChI is InChI=1S/C15H12ClFN2/c1-10(12-4-2-11(9-18)3-5-12)19-15-7-6-13(16)8-14(15)17/h2-8,10,19H,1H3. The Bertz CT molecular complexity index is 617. The fourth-order valence-electron chi connectivity index (χ4n) is 1.77. The molecule has 0 saturated carbocycles.